The Labute approximate surface area is 191 Å². The number of likely N-dealkylation sites (tertiary alicyclic amines) is 1. The fraction of sp³-hybridized carbons (Fsp3) is 0.524. The van der Waals surface area contributed by atoms with Crippen LogP contribution in [0.5, 0.6) is 0 Å². The largest absolute Gasteiger partial charge is 0.378 e. The van der Waals surface area contributed by atoms with Gasteiger partial charge in [0.05, 0.1) is 19.5 Å². The minimum Gasteiger partial charge on any atom is -0.378 e. The van der Waals surface area contributed by atoms with Crippen molar-refractivity contribution in [3.63, 3.8) is 0 Å². The van der Waals surface area contributed by atoms with Crippen molar-refractivity contribution in [2.45, 2.75) is 18.9 Å². The molecule has 0 aromatic carbocycles. The van der Waals surface area contributed by atoms with E-state index in [4.69, 9.17) is 20.4 Å². The summed E-state index contributed by atoms with van der Waals surface area (Å²) in [5.41, 5.74) is 8.58. The molecule has 0 radical (unpaired) electrons. The zero-order chi connectivity index (χ0) is 22.9. The van der Waals surface area contributed by atoms with Gasteiger partial charge < -0.3 is 29.7 Å². The summed E-state index contributed by atoms with van der Waals surface area (Å²) in [4.78, 5) is 40.7. The second kappa shape index (κ2) is 8.77. The van der Waals surface area contributed by atoms with E-state index in [1.165, 1.54) is 0 Å². The molecule has 0 bridgehead atoms. The number of imidazole rings is 1. The van der Waals surface area contributed by atoms with Gasteiger partial charge in [0.2, 0.25) is 11.9 Å². The molecular weight excluding hydrogens is 424 g/mol. The van der Waals surface area contributed by atoms with Crippen LogP contribution in [0.1, 0.15) is 18.9 Å². The van der Waals surface area contributed by atoms with Gasteiger partial charge in [-0.1, -0.05) is 0 Å². The molecule has 2 saturated heterocycles. The number of aromatic nitrogens is 6. The van der Waals surface area contributed by atoms with Crippen LogP contribution < -0.4 is 10.6 Å². The first kappa shape index (κ1) is 21.3. The normalized spacial score (nSPS) is 17.5. The second-order valence-electron chi connectivity index (χ2n) is 8.52. The number of piperidine rings is 1. The van der Waals surface area contributed by atoms with Gasteiger partial charge in [-0.05, 0) is 12.8 Å². The van der Waals surface area contributed by atoms with E-state index in [9.17, 15) is 4.79 Å². The molecule has 2 N–H and O–H groups in total. The number of hydrogen-bond acceptors (Lipinski definition) is 9. The summed E-state index contributed by atoms with van der Waals surface area (Å²) < 4.78 is 7.63. The number of urea groups is 1. The molecule has 174 valence electrons. The summed E-state index contributed by atoms with van der Waals surface area (Å²) in [5, 5.41) is 0. The lowest BCUT2D eigenvalue weighted by molar-refractivity contribution is 0.122. The van der Waals surface area contributed by atoms with E-state index in [0.29, 0.717) is 43.5 Å². The predicted octanol–water partition coefficient (Wildman–Crippen LogP) is 1.02. The molecule has 0 unspecified atom stereocenters. The number of carbonyl (C=O) groups excluding carboxylic acids is 1. The molecule has 2 aliphatic rings. The van der Waals surface area contributed by atoms with Crippen LogP contribution in [-0.2, 0) is 4.74 Å². The van der Waals surface area contributed by atoms with Crippen LogP contribution >= 0.6 is 0 Å². The molecule has 5 heterocycles. The first-order chi connectivity index (χ1) is 16.0. The maximum absolute atomic E-state index is 12.3. The number of nitrogen functional groups attached to an aromatic ring is 1. The zero-order valence-corrected chi connectivity index (χ0v) is 18.9. The summed E-state index contributed by atoms with van der Waals surface area (Å²) in [7, 11) is 3.56. The number of amides is 2. The summed E-state index contributed by atoms with van der Waals surface area (Å²) in [6, 6.07) is 0.246. The molecule has 0 atom stereocenters. The lowest BCUT2D eigenvalue weighted by atomic mass is 10.1. The fourth-order valence-corrected chi connectivity index (χ4v) is 4.36. The van der Waals surface area contributed by atoms with E-state index in [1.807, 2.05) is 11.2 Å². The summed E-state index contributed by atoms with van der Waals surface area (Å²) in [6.07, 6.45) is 6.83. The first-order valence-corrected chi connectivity index (χ1v) is 11.1. The molecule has 2 amide bonds. The predicted molar refractivity (Wildman–Crippen MR) is 123 cm³/mol. The SMILES string of the molecule is CN(C)C(=O)N1CCC(n2cnc3c(-c4cnc(N)nc4)nc(N4CCOCC4)nc32)CC1. The molecule has 0 saturated carbocycles. The quantitative estimate of drug-likeness (QED) is 0.618. The van der Waals surface area contributed by atoms with Crippen LogP contribution in [0.4, 0.5) is 16.7 Å². The highest BCUT2D eigenvalue weighted by Gasteiger charge is 2.27. The molecule has 5 rings (SSSR count). The Morgan fingerprint density at radius 2 is 1.76 bits per heavy atom. The zero-order valence-electron chi connectivity index (χ0n) is 18.9. The number of morpholine rings is 1. The van der Waals surface area contributed by atoms with Gasteiger partial charge in [-0.15, -0.1) is 0 Å². The summed E-state index contributed by atoms with van der Waals surface area (Å²) >= 11 is 0. The minimum atomic E-state index is 0.0477. The average Bonchev–Trinajstić information content (AvgIpc) is 3.28. The van der Waals surface area contributed by atoms with Crippen LogP contribution in [0.25, 0.3) is 22.4 Å². The molecule has 2 aliphatic heterocycles. The third-order valence-electron chi connectivity index (χ3n) is 6.16. The molecular formula is C21H28N10O2. The number of nitrogens with two attached hydrogens (primary N) is 1. The molecule has 3 aromatic heterocycles. The van der Waals surface area contributed by atoms with E-state index < -0.39 is 0 Å². The molecule has 3 aromatic rings. The van der Waals surface area contributed by atoms with Crippen molar-refractivity contribution in [2.75, 3.05) is 64.1 Å². The molecule has 12 nitrogen and oxygen atoms in total. The third kappa shape index (κ3) is 4.13. The third-order valence-corrected chi connectivity index (χ3v) is 6.16. The standard InChI is InChI=1S/C21H28N10O2/c1-28(2)21(32)30-5-3-15(4-6-30)31-13-25-17-16(14-11-23-19(22)24-12-14)26-20(27-18(17)31)29-7-9-33-10-8-29/h11-13,15H,3-10H2,1-2H3,(H2,22,23,24). The molecule has 12 heteroatoms. The highest BCUT2D eigenvalue weighted by atomic mass is 16.5. The van der Waals surface area contributed by atoms with Crippen molar-refractivity contribution in [3.8, 4) is 11.3 Å². The minimum absolute atomic E-state index is 0.0477. The Bertz CT molecular complexity index is 1130. The van der Waals surface area contributed by atoms with E-state index in [-0.39, 0.29) is 18.0 Å². The van der Waals surface area contributed by atoms with Gasteiger partial charge in [-0.25, -0.2) is 24.7 Å². The number of ether oxygens (including phenoxy) is 1. The second-order valence-corrected chi connectivity index (χ2v) is 8.52. The molecule has 0 aliphatic carbocycles. The van der Waals surface area contributed by atoms with E-state index in [1.54, 1.807) is 31.4 Å². The van der Waals surface area contributed by atoms with Gasteiger partial charge in [0.1, 0.15) is 11.2 Å². The first-order valence-electron chi connectivity index (χ1n) is 11.1. The van der Waals surface area contributed by atoms with Gasteiger partial charge >= 0.3 is 6.03 Å². The Morgan fingerprint density at radius 3 is 2.42 bits per heavy atom. The number of rotatable bonds is 3. The smallest absolute Gasteiger partial charge is 0.319 e. The summed E-state index contributed by atoms with van der Waals surface area (Å²) in [6.45, 7) is 4.12. The van der Waals surface area contributed by atoms with Gasteiger partial charge in [0.25, 0.3) is 0 Å². The fourth-order valence-electron chi connectivity index (χ4n) is 4.36. The van der Waals surface area contributed by atoms with Gasteiger partial charge in [0.15, 0.2) is 5.65 Å². The number of carbonyl (C=O) groups is 1. The highest BCUT2D eigenvalue weighted by Crippen LogP contribution is 2.31. The average molecular weight is 453 g/mol. The van der Waals surface area contributed by atoms with Crippen molar-refractivity contribution in [1.82, 2.24) is 39.3 Å². The maximum atomic E-state index is 12.3. The van der Waals surface area contributed by atoms with Crippen LogP contribution in [0.2, 0.25) is 0 Å². The van der Waals surface area contributed by atoms with E-state index in [2.05, 4.69) is 24.4 Å². The Balaban J connectivity index is 1.52. The Kier molecular flexibility index (Phi) is 5.67. The van der Waals surface area contributed by atoms with Crippen molar-refractivity contribution in [2.24, 2.45) is 0 Å². The van der Waals surface area contributed by atoms with Gasteiger partial charge in [-0.2, -0.15) is 4.98 Å². The van der Waals surface area contributed by atoms with Crippen molar-refractivity contribution >= 4 is 29.1 Å². The van der Waals surface area contributed by atoms with Crippen LogP contribution in [0.15, 0.2) is 18.7 Å². The Hall–Kier alpha value is -3.54. The number of anilines is 2. The van der Waals surface area contributed by atoms with Crippen LogP contribution in [-0.4, -0.2) is 98.8 Å². The van der Waals surface area contributed by atoms with Crippen molar-refractivity contribution in [1.29, 1.82) is 0 Å². The van der Waals surface area contributed by atoms with Crippen molar-refractivity contribution < 1.29 is 9.53 Å². The molecule has 2 fully saturated rings. The summed E-state index contributed by atoms with van der Waals surface area (Å²) in [5.74, 6) is 0.849. The van der Waals surface area contributed by atoms with Crippen LogP contribution in [0, 0.1) is 0 Å². The Morgan fingerprint density at radius 1 is 1.06 bits per heavy atom. The number of hydrogen-bond donors (Lipinski definition) is 1. The van der Waals surface area contributed by atoms with Crippen LogP contribution in [0.3, 0.4) is 0 Å². The topological polar surface area (TPSA) is 131 Å². The molecule has 33 heavy (non-hydrogen) atoms. The lowest BCUT2D eigenvalue weighted by Gasteiger charge is -2.34. The van der Waals surface area contributed by atoms with E-state index >= 15 is 0 Å². The highest BCUT2D eigenvalue weighted by molar-refractivity contribution is 5.88. The monoisotopic (exact) mass is 452 g/mol. The lowest BCUT2D eigenvalue weighted by Crippen LogP contribution is -2.44. The number of nitrogens with zero attached hydrogens (tertiary/aromatic N) is 9. The van der Waals surface area contributed by atoms with Gasteiger partial charge in [-0.3, -0.25) is 0 Å². The molecule has 0 spiro atoms. The van der Waals surface area contributed by atoms with Gasteiger partial charge in [0, 0.05) is 64.3 Å². The van der Waals surface area contributed by atoms with Crippen molar-refractivity contribution in [3.05, 3.63) is 18.7 Å². The van der Waals surface area contributed by atoms with E-state index in [0.717, 1.165) is 37.1 Å². The maximum Gasteiger partial charge on any atom is 0.319 e. The number of fused-ring (bicyclic) bond motifs is 1.